The molecule has 8 heteroatoms. The fourth-order valence-corrected chi connectivity index (χ4v) is 2.54. The van der Waals surface area contributed by atoms with Gasteiger partial charge in [0.2, 0.25) is 0 Å². The van der Waals surface area contributed by atoms with E-state index < -0.39 is 0 Å². The molecule has 26 heavy (non-hydrogen) atoms. The topological polar surface area (TPSA) is 106 Å². The molecule has 0 bridgehead atoms. The van der Waals surface area contributed by atoms with Crippen molar-refractivity contribution in [2.75, 3.05) is 30.9 Å². The first kappa shape index (κ1) is 17.7. The van der Waals surface area contributed by atoms with Crippen molar-refractivity contribution >= 4 is 23.4 Å². The van der Waals surface area contributed by atoms with Crippen molar-refractivity contribution in [2.45, 2.75) is 18.9 Å². The fourth-order valence-electron chi connectivity index (χ4n) is 2.54. The highest BCUT2D eigenvalue weighted by atomic mass is 16.5. The highest BCUT2D eigenvalue weighted by Gasteiger charge is 2.16. The van der Waals surface area contributed by atoms with Gasteiger partial charge in [0.1, 0.15) is 18.1 Å². The molecule has 3 rings (SSSR count). The summed E-state index contributed by atoms with van der Waals surface area (Å²) >= 11 is 0. The minimum absolute atomic E-state index is 0.123. The summed E-state index contributed by atoms with van der Waals surface area (Å²) < 4.78 is 5.15. The Bertz CT molecular complexity index is 786. The zero-order valence-electron chi connectivity index (χ0n) is 14.8. The number of anilines is 2. The van der Waals surface area contributed by atoms with Crippen molar-refractivity contribution in [2.24, 2.45) is 10.7 Å². The highest BCUT2D eigenvalue weighted by molar-refractivity contribution is 6.02. The van der Waals surface area contributed by atoms with Crippen LogP contribution in [0, 0.1) is 0 Å². The van der Waals surface area contributed by atoms with Crippen LogP contribution in [0.2, 0.25) is 0 Å². The van der Waals surface area contributed by atoms with Crippen molar-refractivity contribution < 1.29 is 9.53 Å². The molecule has 136 valence electrons. The van der Waals surface area contributed by atoms with Crippen LogP contribution >= 0.6 is 0 Å². The summed E-state index contributed by atoms with van der Waals surface area (Å²) in [5.41, 5.74) is 7.66. The number of aryl methyl sites for hydroxylation is 1. The lowest BCUT2D eigenvalue weighted by molar-refractivity contribution is 0.102. The van der Waals surface area contributed by atoms with Gasteiger partial charge in [-0.15, -0.1) is 0 Å². The van der Waals surface area contributed by atoms with Gasteiger partial charge in [0.25, 0.3) is 11.9 Å². The maximum Gasteiger partial charge on any atom is 0.282 e. The molecule has 1 amide bonds. The molecule has 2 aromatic rings. The molecule has 1 aromatic heterocycles. The molecule has 1 aliphatic heterocycles. The number of benzene rings is 1. The molecule has 1 unspecified atom stereocenters. The molecule has 8 nitrogen and oxygen atoms in total. The number of hydrogen-bond acceptors (Lipinski definition) is 7. The minimum Gasteiger partial charge on any atom is -0.463 e. The molecular weight excluding hydrogens is 332 g/mol. The van der Waals surface area contributed by atoms with Gasteiger partial charge in [0.15, 0.2) is 0 Å². The van der Waals surface area contributed by atoms with Crippen LogP contribution in [0.5, 0.6) is 0 Å². The maximum atomic E-state index is 12.2. The monoisotopic (exact) mass is 354 g/mol. The van der Waals surface area contributed by atoms with Gasteiger partial charge in [0, 0.05) is 19.8 Å². The average Bonchev–Trinajstić information content (AvgIpc) is 3.06. The van der Waals surface area contributed by atoms with Crippen molar-refractivity contribution in [3.63, 3.8) is 0 Å². The number of nitrogens with two attached hydrogens (primary N) is 1. The fraction of sp³-hybridized carbons (Fsp3) is 0.333. The summed E-state index contributed by atoms with van der Waals surface area (Å²) in [4.78, 5) is 26.6. The molecule has 1 aliphatic rings. The third-order valence-corrected chi connectivity index (χ3v) is 4.04. The van der Waals surface area contributed by atoms with Crippen molar-refractivity contribution in [1.29, 1.82) is 0 Å². The zero-order chi connectivity index (χ0) is 18.5. The van der Waals surface area contributed by atoms with E-state index in [2.05, 4.69) is 20.3 Å². The molecule has 0 spiro atoms. The molecule has 1 aromatic carbocycles. The number of nitrogens with zero attached hydrogens (tertiary/aromatic N) is 4. The number of aromatic nitrogens is 2. The number of aliphatic imine (C=N–C) groups is 1. The lowest BCUT2D eigenvalue weighted by Gasteiger charge is -2.11. The Hall–Kier alpha value is -3.16. The smallest absolute Gasteiger partial charge is 0.282 e. The average molecular weight is 354 g/mol. The van der Waals surface area contributed by atoms with Crippen LogP contribution in [0.4, 0.5) is 11.5 Å². The molecule has 0 aliphatic carbocycles. The Labute approximate surface area is 152 Å². The van der Waals surface area contributed by atoms with Crippen LogP contribution in [-0.2, 0) is 11.2 Å². The van der Waals surface area contributed by atoms with Gasteiger partial charge in [-0.25, -0.2) is 15.0 Å². The van der Waals surface area contributed by atoms with Gasteiger partial charge < -0.3 is 20.7 Å². The summed E-state index contributed by atoms with van der Waals surface area (Å²) in [7, 11) is 3.73. The van der Waals surface area contributed by atoms with Crippen LogP contribution in [0.25, 0.3) is 0 Å². The molecule has 0 saturated carbocycles. The molecule has 0 fully saturated rings. The number of ether oxygens (including phenoxy) is 1. The van der Waals surface area contributed by atoms with Crippen LogP contribution in [0.1, 0.15) is 22.5 Å². The predicted octanol–water partition coefficient (Wildman–Crippen LogP) is 1.44. The number of carbonyl (C=O) groups excluding carboxylic acids is 1. The zero-order valence-corrected chi connectivity index (χ0v) is 14.8. The van der Waals surface area contributed by atoms with E-state index in [0.717, 1.165) is 12.8 Å². The first-order chi connectivity index (χ1) is 12.5. The van der Waals surface area contributed by atoms with Crippen molar-refractivity contribution in [3.05, 3.63) is 47.9 Å². The third-order valence-electron chi connectivity index (χ3n) is 4.04. The molecular formula is C18H22N6O2. The Morgan fingerprint density at radius 1 is 1.27 bits per heavy atom. The third kappa shape index (κ3) is 4.47. The number of amides is 1. The number of hydrogen-bond donors (Lipinski definition) is 2. The van der Waals surface area contributed by atoms with Gasteiger partial charge >= 0.3 is 0 Å². The number of carbonyl (C=O) groups is 1. The van der Waals surface area contributed by atoms with E-state index in [1.54, 1.807) is 6.20 Å². The van der Waals surface area contributed by atoms with Crippen LogP contribution in [-0.4, -0.2) is 48.6 Å². The Morgan fingerprint density at radius 2 is 2.04 bits per heavy atom. The molecule has 0 radical (unpaired) electrons. The summed E-state index contributed by atoms with van der Waals surface area (Å²) in [6, 6.07) is 8.11. The summed E-state index contributed by atoms with van der Waals surface area (Å²) in [5, 5.41) is 2.82. The standard InChI is InChI=1S/C18H22N6O2/c1-24(2)16-10-20-15(9-21-16)17(25)22-13-6-3-12(4-7-13)5-8-14-11-26-18(19)23-14/h3-4,6-7,9-10,14H,5,8,11H2,1-2H3,(H2,19,23)(H,22,25). The largest absolute Gasteiger partial charge is 0.463 e. The first-order valence-corrected chi connectivity index (χ1v) is 8.37. The van der Waals surface area contributed by atoms with E-state index in [9.17, 15) is 4.79 Å². The lowest BCUT2D eigenvalue weighted by atomic mass is 10.1. The van der Waals surface area contributed by atoms with Crippen LogP contribution < -0.4 is 16.0 Å². The molecule has 1 atom stereocenters. The summed E-state index contributed by atoms with van der Waals surface area (Å²) in [6.07, 6.45) is 4.78. The van der Waals surface area contributed by atoms with E-state index >= 15 is 0 Å². The van der Waals surface area contributed by atoms with Gasteiger partial charge in [-0.05, 0) is 30.5 Å². The Balaban J connectivity index is 1.54. The van der Waals surface area contributed by atoms with E-state index in [-0.39, 0.29) is 23.7 Å². The second kappa shape index (κ2) is 7.81. The number of nitrogens with one attached hydrogen (secondary N) is 1. The van der Waals surface area contributed by atoms with Crippen LogP contribution in [0.3, 0.4) is 0 Å². The number of amidine groups is 1. The van der Waals surface area contributed by atoms with Gasteiger partial charge in [-0.3, -0.25) is 4.79 Å². The second-order valence-electron chi connectivity index (χ2n) is 6.28. The minimum atomic E-state index is -0.288. The predicted molar refractivity (Wildman–Crippen MR) is 100 cm³/mol. The molecule has 0 saturated heterocycles. The summed E-state index contributed by atoms with van der Waals surface area (Å²) in [6.45, 7) is 0.549. The van der Waals surface area contributed by atoms with Gasteiger partial charge in [0.05, 0.1) is 18.4 Å². The lowest BCUT2D eigenvalue weighted by Crippen LogP contribution is -2.16. The first-order valence-electron chi connectivity index (χ1n) is 8.37. The van der Waals surface area contributed by atoms with E-state index in [1.165, 1.54) is 11.8 Å². The number of rotatable bonds is 6. The molecule has 2 heterocycles. The van der Waals surface area contributed by atoms with E-state index in [4.69, 9.17) is 10.5 Å². The van der Waals surface area contributed by atoms with E-state index in [1.807, 2.05) is 43.3 Å². The highest BCUT2D eigenvalue weighted by Crippen LogP contribution is 2.15. The van der Waals surface area contributed by atoms with Crippen molar-refractivity contribution in [1.82, 2.24) is 9.97 Å². The maximum absolute atomic E-state index is 12.2. The Kier molecular flexibility index (Phi) is 5.31. The van der Waals surface area contributed by atoms with Gasteiger partial charge in [-0.2, -0.15) is 0 Å². The summed E-state index contributed by atoms with van der Waals surface area (Å²) in [5.74, 6) is 0.410. The quantitative estimate of drug-likeness (QED) is 0.813. The van der Waals surface area contributed by atoms with Gasteiger partial charge in [-0.1, -0.05) is 12.1 Å². The normalized spacial score (nSPS) is 15.9. The van der Waals surface area contributed by atoms with E-state index in [0.29, 0.717) is 18.1 Å². The second-order valence-corrected chi connectivity index (χ2v) is 6.28. The van der Waals surface area contributed by atoms with Crippen LogP contribution in [0.15, 0.2) is 41.7 Å². The SMILES string of the molecule is CN(C)c1cnc(C(=O)Nc2ccc(CCC3COC(N)=N3)cc2)cn1. The van der Waals surface area contributed by atoms with Crippen molar-refractivity contribution in [3.8, 4) is 0 Å². The molecule has 3 N–H and O–H groups in total. The Morgan fingerprint density at radius 3 is 2.62 bits per heavy atom.